The molecule has 1 heterocycles. The molecule has 1 aliphatic rings. The quantitative estimate of drug-likeness (QED) is 0.0297. The lowest BCUT2D eigenvalue weighted by molar-refractivity contribution is -0.272. The smallest absolute Gasteiger partial charge is 0.249 e. The Balaban J connectivity index is 2.55. The Morgan fingerprint density at radius 2 is 1.07 bits per heavy atom. The van der Waals surface area contributed by atoms with Gasteiger partial charge >= 0.3 is 0 Å². The molecule has 344 valence electrons. The summed E-state index contributed by atoms with van der Waals surface area (Å²) in [7, 11) is 0. The highest BCUT2D eigenvalue weighted by Gasteiger charge is 2.46. The second kappa shape index (κ2) is 35.2. The molecule has 1 fully saturated rings. The highest BCUT2D eigenvalue weighted by molar-refractivity contribution is 5.80. The van der Waals surface area contributed by atoms with Gasteiger partial charge in [0.1, 0.15) is 36.6 Å². The van der Waals surface area contributed by atoms with Crippen molar-refractivity contribution in [2.45, 2.75) is 262 Å². The van der Waals surface area contributed by atoms with Crippen LogP contribution >= 0.6 is 0 Å². The number of ether oxygens (including phenoxy) is 2. The molecule has 0 radical (unpaired) electrons. The van der Waals surface area contributed by atoms with E-state index >= 15 is 0 Å². The first-order valence-electron chi connectivity index (χ1n) is 23.8. The van der Waals surface area contributed by atoms with E-state index in [-0.39, 0.29) is 6.42 Å². The summed E-state index contributed by atoms with van der Waals surface area (Å²) in [6, 6.07) is -2.38. The van der Waals surface area contributed by atoms with Crippen LogP contribution in [0.5, 0.6) is 0 Å². The van der Waals surface area contributed by atoms with Crippen LogP contribution in [0.4, 0.5) is 0 Å². The largest absolute Gasteiger partial charge is 0.394 e. The third kappa shape index (κ3) is 26.1. The number of carbonyl (C=O) groups excluding carboxylic acids is 2. The molecule has 1 saturated heterocycles. The van der Waals surface area contributed by atoms with Gasteiger partial charge in [-0.25, -0.2) is 0 Å². The van der Waals surface area contributed by atoms with Crippen LogP contribution in [0.1, 0.15) is 207 Å². The fourth-order valence-electron chi connectivity index (χ4n) is 7.92. The van der Waals surface area contributed by atoms with Crippen molar-refractivity contribution in [1.29, 1.82) is 0 Å². The Labute approximate surface area is 353 Å². The minimum Gasteiger partial charge on any atom is -0.394 e. The lowest BCUT2D eigenvalue weighted by Crippen LogP contribution is -2.65. The first-order chi connectivity index (χ1) is 27.9. The van der Waals surface area contributed by atoms with Crippen LogP contribution in [-0.4, -0.2) is 111 Å². The third-order valence-corrected chi connectivity index (χ3v) is 11.7. The number of carbonyl (C=O) groups is 2. The van der Waals surface area contributed by atoms with Crippen LogP contribution in [0.2, 0.25) is 0 Å². The molecule has 0 bridgehead atoms. The summed E-state index contributed by atoms with van der Waals surface area (Å²) in [5.74, 6) is -0.496. The van der Waals surface area contributed by atoms with Crippen molar-refractivity contribution in [2.75, 3.05) is 13.2 Å². The molecule has 8 N–H and O–H groups in total. The Hall–Kier alpha value is -1.38. The van der Waals surface area contributed by atoms with Crippen LogP contribution in [0.25, 0.3) is 0 Å². The van der Waals surface area contributed by atoms with Crippen molar-refractivity contribution >= 4 is 11.8 Å². The number of aliphatic hydroxyl groups excluding tert-OH is 6. The van der Waals surface area contributed by atoms with Crippen molar-refractivity contribution in [3.63, 3.8) is 0 Å². The van der Waals surface area contributed by atoms with Gasteiger partial charge in [-0.05, 0) is 18.8 Å². The van der Waals surface area contributed by atoms with E-state index in [1.165, 1.54) is 122 Å². The van der Waals surface area contributed by atoms with Crippen molar-refractivity contribution in [3.05, 3.63) is 0 Å². The van der Waals surface area contributed by atoms with E-state index in [4.69, 9.17) is 9.47 Å². The van der Waals surface area contributed by atoms with Gasteiger partial charge < -0.3 is 50.7 Å². The highest BCUT2D eigenvalue weighted by atomic mass is 16.7. The van der Waals surface area contributed by atoms with E-state index in [2.05, 4.69) is 31.4 Å². The van der Waals surface area contributed by atoms with Gasteiger partial charge in [0.2, 0.25) is 11.8 Å². The van der Waals surface area contributed by atoms with E-state index in [1.807, 2.05) is 0 Å². The predicted octanol–water partition coefficient (Wildman–Crippen LogP) is 7.11. The Kier molecular flexibility index (Phi) is 33.2. The molecule has 0 aliphatic carbocycles. The second-order valence-corrected chi connectivity index (χ2v) is 17.7. The zero-order valence-corrected chi connectivity index (χ0v) is 37.3. The fourth-order valence-corrected chi connectivity index (χ4v) is 7.92. The minimum atomic E-state index is -1.53. The fraction of sp³-hybridized carbons (Fsp3) is 0.957. The maximum Gasteiger partial charge on any atom is 0.249 e. The Morgan fingerprint density at radius 1 is 0.638 bits per heavy atom. The SMILES string of the molecule is CCCCCCCCCCCCCCCCCCCC[C@H](O)C(=O)N[C@H](CO[C@@H]1O[C@@H](CO)[C@@H](O)[C@H](O)[C@H]1NC(C)=O)[C@H](O)[C@@H](O)CCCCCCCCCC(C)C. The zero-order chi connectivity index (χ0) is 43.0. The summed E-state index contributed by atoms with van der Waals surface area (Å²) in [5, 5.41) is 68.9. The summed E-state index contributed by atoms with van der Waals surface area (Å²) in [4.78, 5) is 25.1. The summed E-state index contributed by atoms with van der Waals surface area (Å²) in [5.41, 5.74) is 0. The van der Waals surface area contributed by atoms with E-state index in [9.17, 15) is 40.2 Å². The second-order valence-electron chi connectivity index (χ2n) is 17.7. The molecule has 0 aromatic rings. The number of unbranched alkanes of at least 4 members (excludes halogenated alkanes) is 23. The molecule has 0 saturated carbocycles. The van der Waals surface area contributed by atoms with Gasteiger partial charge in [0.05, 0.1) is 25.4 Å². The van der Waals surface area contributed by atoms with Gasteiger partial charge in [-0.2, -0.15) is 0 Å². The standard InChI is InChI=1S/C46H90N2O10/c1-5-6-7-8-9-10-11-12-13-14-15-16-17-18-19-22-26-29-32-39(52)45(56)48-37(42(53)38(51)31-28-25-23-20-21-24-27-30-35(2)3)34-57-46-41(47-36(4)50)44(55)43(54)40(33-49)58-46/h35,37-44,46,49,51-55H,5-34H2,1-4H3,(H,47,50)(H,48,56)/t37-,38+,39+,40+,41-,42+,43-,44-,46-/m1/s1. The van der Waals surface area contributed by atoms with E-state index in [0.29, 0.717) is 19.3 Å². The zero-order valence-electron chi connectivity index (χ0n) is 37.3. The average Bonchev–Trinajstić information content (AvgIpc) is 3.19. The van der Waals surface area contributed by atoms with E-state index in [0.717, 1.165) is 44.4 Å². The number of hydrogen-bond acceptors (Lipinski definition) is 10. The molecule has 0 aromatic heterocycles. The van der Waals surface area contributed by atoms with Crippen LogP contribution in [0.15, 0.2) is 0 Å². The monoisotopic (exact) mass is 831 g/mol. The van der Waals surface area contributed by atoms with Crippen LogP contribution < -0.4 is 10.6 Å². The first kappa shape index (κ1) is 54.6. The van der Waals surface area contributed by atoms with Crippen molar-refractivity contribution in [3.8, 4) is 0 Å². The van der Waals surface area contributed by atoms with Crippen molar-refractivity contribution < 1.29 is 49.7 Å². The van der Waals surface area contributed by atoms with Gasteiger partial charge in [-0.1, -0.05) is 188 Å². The van der Waals surface area contributed by atoms with Crippen LogP contribution in [-0.2, 0) is 19.1 Å². The first-order valence-corrected chi connectivity index (χ1v) is 23.8. The summed E-state index contributed by atoms with van der Waals surface area (Å²) in [6.07, 6.45) is 22.1. The number of hydrogen-bond donors (Lipinski definition) is 8. The third-order valence-electron chi connectivity index (χ3n) is 11.7. The molecule has 12 nitrogen and oxygen atoms in total. The molecule has 0 unspecified atom stereocenters. The lowest BCUT2D eigenvalue weighted by Gasteiger charge is -2.42. The van der Waals surface area contributed by atoms with Crippen molar-refractivity contribution in [1.82, 2.24) is 10.6 Å². The van der Waals surface area contributed by atoms with Gasteiger partial charge in [0.25, 0.3) is 0 Å². The number of rotatable bonds is 38. The Morgan fingerprint density at radius 3 is 1.50 bits per heavy atom. The number of aliphatic hydroxyl groups is 6. The molecule has 1 rings (SSSR count). The minimum absolute atomic E-state index is 0.257. The van der Waals surface area contributed by atoms with E-state index < -0.39 is 80.0 Å². The normalized spacial score (nSPS) is 21.8. The molecule has 12 heteroatoms. The maximum atomic E-state index is 13.2. The summed E-state index contributed by atoms with van der Waals surface area (Å²) < 4.78 is 11.5. The summed E-state index contributed by atoms with van der Waals surface area (Å²) >= 11 is 0. The molecule has 0 spiro atoms. The molecular formula is C46H90N2O10. The lowest BCUT2D eigenvalue weighted by atomic mass is 9.96. The topological polar surface area (TPSA) is 198 Å². The molecule has 1 aliphatic heterocycles. The molecular weight excluding hydrogens is 741 g/mol. The molecule has 58 heavy (non-hydrogen) atoms. The maximum absolute atomic E-state index is 13.2. The van der Waals surface area contributed by atoms with Gasteiger partial charge in [0.15, 0.2) is 6.29 Å². The van der Waals surface area contributed by atoms with E-state index in [1.54, 1.807) is 0 Å². The highest BCUT2D eigenvalue weighted by Crippen LogP contribution is 2.24. The number of amides is 2. The summed E-state index contributed by atoms with van der Waals surface area (Å²) in [6.45, 7) is 6.93. The molecule has 0 aromatic carbocycles. The molecule has 2 amide bonds. The van der Waals surface area contributed by atoms with Crippen LogP contribution in [0.3, 0.4) is 0 Å². The predicted molar refractivity (Wildman–Crippen MR) is 231 cm³/mol. The average molecular weight is 831 g/mol. The van der Waals surface area contributed by atoms with Gasteiger partial charge in [-0.15, -0.1) is 0 Å². The van der Waals surface area contributed by atoms with Gasteiger partial charge in [0, 0.05) is 6.92 Å². The number of nitrogens with one attached hydrogen (secondary N) is 2. The molecule has 9 atom stereocenters. The Bertz CT molecular complexity index is 990. The van der Waals surface area contributed by atoms with Gasteiger partial charge in [-0.3, -0.25) is 9.59 Å². The van der Waals surface area contributed by atoms with Crippen LogP contribution in [0, 0.1) is 5.92 Å². The van der Waals surface area contributed by atoms with Crippen molar-refractivity contribution in [2.24, 2.45) is 5.92 Å².